The zero-order chi connectivity index (χ0) is 39.5. The van der Waals surface area contributed by atoms with E-state index in [2.05, 4.69) is 19.2 Å². The van der Waals surface area contributed by atoms with E-state index in [0.717, 1.165) is 38.5 Å². The normalized spacial score (nSPS) is 21.5. The van der Waals surface area contributed by atoms with Crippen LogP contribution < -0.4 is 5.32 Å². The number of rotatable bonds is 38. The second-order valence-electron chi connectivity index (χ2n) is 16.2. The van der Waals surface area contributed by atoms with Crippen molar-refractivity contribution in [3.05, 3.63) is 12.2 Å². The third-order valence-electron chi connectivity index (χ3n) is 11.1. The zero-order valence-electron chi connectivity index (χ0n) is 35.0. The summed E-state index contributed by atoms with van der Waals surface area (Å²) in [6, 6.07) is -0.797. The molecule has 1 amide bonds. The van der Waals surface area contributed by atoms with E-state index >= 15 is 0 Å². The molecule has 320 valence electrons. The maximum absolute atomic E-state index is 12.9. The summed E-state index contributed by atoms with van der Waals surface area (Å²) >= 11 is 0. The molecule has 0 aromatic heterocycles. The Hall–Kier alpha value is -1.07. The number of allylic oxidation sites excluding steroid dienone is 1. The summed E-state index contributed by atoms with van der Waals surface area (Å²) in [5.41, 5.74) is 0. The van der Waals surface area contributed by atoms with Gasteiger partial charge in [0.1, 0.15) is 24.4 Å². The molecule has 0 bridgehead atoms. The Bertz CT molecular complexity index is 858. The van der Waals surface area contributed by atoms with Crippen LogP contribution >= 0.6 is 0 Å². The highest BCUT2D eigenvalue weighted by Crippen LogP contribution is 2.23. The molecule has 9 nitrogen and oxygen atoms in total. The summed E-state index contributed by atoms with van der Waals surface area (Å²) in [7, 11) is 0. The van der Waals surface area contributed by atoms with Gasteiger partial charge in [-0.1, -0.05) is 199 Å². The van der Waals surface area contributed by atoms with Crippen LogP contribution in [0.2, 0.25) is 0 Å². The number of carbonyl (C=O) groups is 1. The molecular formula is C45H87NO8. The van der Waals surface area contributed by atoms with Gasteiger partial charge in [-0.05, 0) is 19.3 Å². The van der Waals surface area contributed by atoms with E-state index < -0.39 is 49.5 Å². The van der Waals surface area contributed by atoms with Crippen molar-refractivity contribution in [2.75, 3.05) is 13.2 Å². The quantitative estimate of drug-likeness (QED) is 0.0269. The Kier molecular flexibility index (Phi) is 34.2. The first-order valence-corrected chi connectivity index (χ1v) is 22.9. The third-order valence-corrected chi connectivity index (χ3v) is 11.1. The fourth-order valence-corrected chi connectivity index (χ4v) is 7.39. The Morgan fingerprint density at radius 1 is 0.611 bits per heavy atom. The highest BCUT2D eigenvalue weighted by Gasteiger charge is 2.44. The first-order chi connectivity index (χ1) is 26.3. The minimum absolute atomic E-state index is 0.174. The van der Waals surface area contributed by atoms with Gasteiger partial charge >= 0.3 is 0 Å². The molecule has 7 atom stereocenters. The number of unbranched alkanes of at least 4 members (excludes halogenated alkanes) is 28. The van der Waals surface area contributed by atoms with E-state index in [1.54, 1.807) is 6.08 Å². The average Bonchev–Trinajstić information content (AvgIpc) is 3.17. The van der Waals surface area contributed by atoms with Gasteiger partial charge in [-0.3, -0.25) is 4.79 Å². The van der Waals surface area contributed by atoms with Crippen LogP contribution in [0.1, 0.15) is 213 Å². The van der Waals surface area contributed by atoms with E-state index in [0.29, 0.717) is 6.42 Å². The van der Waals surface area contributed by atoms with Crippen LogP contribution in [0, 0.1) is 0 Å². The van der Waals surface area contributed by atoms with E-state index in [1.165, 1.54) is 154 Å². The van der Waals surface area contributed by atoms with Gasteiger partial charge < -0.3 is 40.3 Å². The molecule has 1 saturated heterocycles. The van der Waals surface area contributed by atoms with Crippen LogP contribution in [0.5, 0.6) is 0 Å². The number of aliphatic hydroxyl groups is 5. The van der Waals surface area contributed by atoms with Gasteiger partial charge in [0.05, 0.1) is 25.4 Å². The predicted molar refractivity (Wildman–Crippen MR) is 221 cm³/mol. The van der Waals surface area contributed by atoms with Crippen LogP contribution in [-0.4, -0.2) is 87.5 Å². The van der Waals surface area contributed by atoms with Crippen LogP contribution in [0.25, 0.3) is 0 Å². The molecule has 0 spiro atoms. The minimum Gasteiger partial charge on any atom is -0.394 e. The second kappa shape index (κ2) is 36.3. The van der Waals surface area contributed by atoms with Gasteiger partial charge in [0.2, 0.25) is 5.91 Å². The van der Waals surface area contributed by atoms with E-state index in [-0.39, 0.29) is 12.5 Å². The number of amides is 1. The Balaban J connectivity index is 2.35. The Labute approximate surface area is 331 Å². The summed E-state index contributed by atoms with van der Waals surface area (Å²) in [6.07, 6.45) is 33.9. The average molecular weight is 770 g/mol. The minimum atomic E-state index is -1.56. The molecule has 1 heterocycles. The topological polar surface area (TPSA) is 149 Å². The van der Waals surface area contributed by atoms with E-state index in [9.17, 15) is 30.3 Å². The number of ether oxygens (including phenoxy) is 2. The van der Waals surface area contributed by atoms with Crippen molar-refractivity contribution in [1.82, 2.24) is 5.32 Å². The highest BCUT2D eigenvalue weighted by molar-refractivity contribution is 5.76. The lowest BCUT2D eigenvalue weighted by atomic mass is 9.99. The van der Waals surface area contributed by atoms with Crippen molar-refractivity contribution in [2.45, 2.75) is 256 Å². The fourth-order valence-electron chi connectivity index (χ4n) is 7.39. The SMILES string of the molecule is CCCCCCCCCCCCCC/C=C/[C@@H](O)[C@H](CO[C@@H]1O[C@H](CO)[C@H](O)C(O)C1O)NC(=O)CCCCCCCCCCCCCCCCCCC. The summed E-state index contributed by atoms with van der Waals surface area (Å²) in [4.78, 5) is 12.9. The molecule has 6 N–H and O–H groups in total. The first-order valence-electron chi connectivity index (χ1n) is 22.9. The lowest BCUT2D eigenvalue weighted by Crippen LogP contribution is -2.60. The molecule has 1 aliphatic rings. The van der Waals surface area contributed by atoms with Gasteiger partial charge in [0, 0.05) is 6.42 Å². The lowest BCUT2D eigenvalue weighted by Gasteiger charge is -2.40. The molecule has 9 heteroatoms. The zero-order valence-corrected chi connectivity index (χ0v) is 35.0. The Morgan fingerprint density at radius 2 is 1.02 bits per heavy atom. The molecule has 1 aliphatic heterocycles. The monoisotopic (exact) mass is 770 g/mol. The lowest BCUT2D eigenvalue weighted by molar-refractivity contribution is -0.302. The molecular weight excluding hydrogens is 682 g/mol. The third kappa shape index (κ3) is 26.7. The molecule has 0 aromatic rings. The number of hydrogen-bond acceptors (Lipinski definition) is 8. The standard InChI is InChI=1S/C45H87NO8/c1-3-5-7-9-11-13-15-17-19-20-21-23-25-27-29-31-33-35-41(49)46-38(37-53-45-44(52)43(51)42(50)40(36-47)54-45)39(48)34-32-30-28-26-24-22-18-16-14-12-10-8-6-4-2/h32,34,38-40,42-45,47-48,50-52H,3-31,33,35-37H2,1-2H3,(H,46,49)/b34-32+/t38-,39+,40+,42-,43?,44?,45+/m0/s1. The number of nitrogens with one attached hydrogen (secondary N) is 1. The predicted octanol–water partition coefficient (Wildman–Crippen LogP) is 9.34. The van der Waals surface area contributed by atoms with Gasteiger partial charge in [0.25, 0.3) is 0 Å². The van der Waals surface area contributed by atoms with Gasteiger partial charge in [0.15, 0.2) is 6.29 Å². The molecule has 0 saturated carbocycles. The largest absolute Gasteiger partial charge is 0.394 e. The van der Waals surface area contributed by atoms with Crippen molar-refractivity contribution in [3.8, 4) is 0 Å². The van der Waals surface area contributed by atoms with Crippen molar-refractivity contribution < 1.29 is 39.8 Å². The molecule has 0 radical (unpaired) electrons. The number of carbonyl (C=O) groups excluding carboxylic acids is 1. The molecule has 2 unspecified atom stereocenters. The summed E-state index contributed by atoms with van der Waals surface area (Å²) in [5.74, 6) is -0.174. The first kappa shape index (κ1) is 50.9. The van der Waals surface area contributed by atoms with Gasteiger partial charge in [-0.2, -0.15) is 0 Å². The van der Waals surface area contributed by atoms with Crippen LogP contribution in [0.3, 0.4) is 0 Å². The Morgan fingerprint density at radius 3 is 1.44 bits per heavy atom. The van der Waals surface area contributed by atoms with Crippen LogP contribution in [0.4, 0.5) is 0 Å². The van der Waals surface area contributed by atoms with Crippen LogP contribution in [-0.2, 0) is 14.3 Å². The molecule has 0 aliphatic carbocycles. The maximum Gasteiger partial charge on any atom is 0.220 e. The van der Waals surface area contributed by atoms with Gasteiger partial charge in [-0.15, -0.1) is 0 Å². The summed E-state index contributed by atoms with van der Waals surface area (Å²) in [6.45, 7) is 3.78. The highest BCUT2D eigenvalue weighted by atomic mass is 16.7. The fraction of sp³-hybridized carbons (Fsp3) is 0.933. The van der Waals surface area contributed by atoms with Crippen LogP contribution in [0.15, 0.2) is 12.2 Å². The van der Waals surface area contributed by atoms with E-state index in [1.807, 2.05) is 6.08 Å². The molecule has 1 fully saturated rings. The second-order valence-corrected chi connectivity index (χ2v) is 16.2. The van der Waals surface area contributed by atoms with Crippen molar-refractivity contribution >= 4 is 5.91 Å². The van der Waals surface area contributed by atoms with Crippen molar-refractivity contribution in [1.29, 1.82) is 0 Å². The molecule has 0 aromatic carbocycles. The summed E-state index contributed by atoms with van der Waals surface area (Å²) in [5, 5.41) is 54.1. The number of hydrogen-bond donors (Lipinski definition) is 6. The molecule has 1 rings (SSSR count). The van der Waals surface area contributed by atoms with Gasteiger partial charge in [-0.25, -0.2) is 0 Å². The summed E-state index contributed by atoms with van der Waals surface area (Å²) < 4.78 is 11.2. The van der Waals surface area contributed by atoms with E-state index in [4.69, 9.17) is 9.47 Å². The molecule has 54 heavy (non-hydrogen) atoms. The van der Waals surface area contributed by atoms with Crippen molar-refractivity contribution in [2.24, 2.45) is 0 Å². The number of aliphatic hydroxyl groups excluding tert-OH is 5. The smallest absolute Gasteiger partial charge is 0.220 e. The van der Waals surface area contributed by atoms with Crippen molar-refractivity contribution in [3.63, 3.8) is 0 Å². The maximum atomic E-state index is 12.9.